The van der Waals surface area contributed by atoms with E-state index in [0.29, 0.717) is 17.4 Å². The Morgan fingerprint density at radius 3 is 2.58 bits per heavy atom. The van der Waals surface area contributed by atoms with Gasteiger partial charge in [-0.2, -0.15) is 0 Å². The van der Waals surface area contributed by atoms with Crippen molar-refractivity contribution in [3.8, 4) is 0 Å². The van der Waals surface area contributed by atoms with Crippen molar-refractivity contribution in [2.75, 3.05) is 0 Å². The fourth-order valence-electron chi connectivity index (χ4n) is 3.49. The van der Waals surface area contributed by atoms with Gasteiger partial charge >= 0.3 is 5.97 Å². The predicted molar refractivity (Wildman–Crippen MR) is 96.9 cm³/mol. The second kappa shape index (κ2) is 8.20. The Morgan fingerprint density at radius 1 is 1.27 bits per heavy atom. The molecule has 0 N–H and O–H groups in total. The van der Waals surface area contributed by atoms with Crippen LogP contribution in [-0.2, 0) is 19.2 Å². The van der Waals surface area contributed by atoms with E-state index in [1.54, 1.807) is 18.0 Å². The standard InChI is InChI=1S/C19H24N2O4S/c1-2-11-19(14-6-7-14,26-15-5-3-4-13-20-15)12-10-18(24)25-21-16(22)8-9-17(21)23/h3-5,13-14H,2,6-12H2,1H3. The maximum absolute atomic E-state index is 12.2. The Kier molecular flexibility index (Phi) is 5.96. The molecule has 7 heteroatoms. The van der Waals surface area contributed by atoms with Gasteiger partial charge in [-0.25, -0.2) is 9.78 Å². The van der Waals surface area contributed by atoms with E-state index in [9.17, 15) is 14.4 Å². The van der Waals surface area contributed by atoms with E-state index in [2.05, 4.69) is 11.9 Å². The van der Waals surface area contributed by atoms with Crippen LogP contribution in [0.1, 0.15) is 58.3 Å². The van der Waals surface area contributed by atoms with Gasteiger partial charge in [-0.15, -0.1) is 5.06 Å². The molecule has 26 heavy (non-hydrogen) atoms. The molecule has 0 aromatic carbocycles. The first-order valence-electron chi connectivity index (χ1n) is 9.21. The number of hydrogen-bond acceptors (Lipinski definition) is 6. The summed E-state index contributed by atoms with van der Waals surface area (Å²) in [6.45, 7) is 2.15. The third-order valence-corrected chi connectivity index (χ3v) is 6.49. The van der Waals surface area contributed by atoms with Crippen molar-refractivity contribution in [1.29, 1.82) is 0 Å². The second-order valence-corrected chi connectivity index (χ2v) is 8.34. The summed E-state index contributed by atoms with van der Waals surface area (Å²) in [4.78, 5) is 44.9. The van der Waals surface area contributed by atoms with Gasteiger partial charge in [0, 0.05) is 30.2 Å². The minimum absolute atomic E-state index is 0.0544. The number of thioether (sulfide) groups is 1. The van der Waals surface area contributed by atoms with E-state index in [4.69, 9.17) is 4.84 Å². The van der Waals surface area contributed by atoms with Crippen LogP contribution < -0.4 is 0 Å². The Bertz CT molecular complexity index is 661. The van der Waals surface area contributed by atoms with E-state index in [-0.39, 0.29) is 24.0 Å². The highest BCUT2D eigenvalue weighted by molar-refractivity contribution is 8.00. The summed E-state index contributed by atoms with van der Waals surface area (Å²) in [7, 11) is 0. The highest BCUT2D eigenvalue weighted by Crippen LogP contribution is 2.54. The van der Waals surface area contributed by atoms with Crippen molar-refractivity contribution in [3.05, 3.63) is 24.4 Å². The van der Waals surface area contributed by atoms with Crippen LogP contribution in [-0.4, -0.2) is 32.6 Å². The summed E-state index contributed by atoms with van der Waals surface area (Å²) in [6.07, 6.45) is 7.20. The molecular formula is C19H24N2O4S. The first kappa shape index (κ1) is 18.9. The molecule has 2 aliphatic rings. The van der Waals surface area contributed by atoms with Crippen molar-refractivity contribution in [2.45, 2.75) is 68.1 Å². The van der Waals surface area contributed by atoms with Crippen LogP contribution in [0.2, 0.25) is 0 Å². The minimum Gasteiger partial charge on any atom is -0.330 e. The Balaban J connectivity index is 1.65. The lowest BCUT2D eigenvalue weighted by Crippen LogP contribution is -2.34. The molecular weight excluding hydrogens is 352 g/mol. The number of carbonyl (C=O) groups excluding carboxylic acids is 3. The first-order valence-corrected chi connectivity index (χ1v) is 10.0. The molecule has 3 rings (SSSR count). The number of amides is 2. The Morgan fingerprint density at radius 2 is 2.00 bits per heavy atom. The zero-order chi connectivity index (χ0) is 18.6. The summed E-state index contributed by atoms with van der Waals surface area (Å²) < 4.78 is -0.0544. The third kappa shape index (κ3) is 4.44. The van der Waals surface area contributed by atoms with Crippen molar-refractivity contribution in [3.63, 3.8) is 0 Å². The molecule has 1 saturated carbocycles. The van der Waals surface area contributed by atoms with Crippen LogP contribution in [0.15, 0.2) is 29.4 Å². The van der Waals surface area contributed by atoms with Gasteiger partial charge in [-0.1, -0.05) is 31.2 Å². The van der Waals surface area contributed by atoms with Crippen LogP contribution >= 0.6 is 11.8 Å². The van der Waals surface area contributed by atoms with E-state index >= 15 is 0 Å². The number of rotatable bonds is 9. The highest BCUT2D eigenvalue weighted by Gasteiger charge is 2.46. The summed E-state index contributed by atoms with van der Waals surface area (Å²) in [5.74, 6) is -0.824. The van der Waals surface area contributed by atoms with Gasteiger partial charge in [-0.3, -0.25) is 9.59 Å². The molecule has 1 saturated heterocycles. The van der Waals surface area contributed by atoms with Crippen molar-refractivity contribution >= 4 is 29.5 Å². The summed E-state index contributed by atoms with van der Waals surface area (Å²) in [5, 5.41) is 1.60. The second-order valence-electron chi connectivity index (χ2n) is 6.90. The van der Waals surface area contributed by atoms with Crippen LogP contribution in [0.5, 0.6) is 0 Å². The molecule has 2 heterocycles. The molecule has 1 aromatic heterocycles. The number of carbonyl (C=O) groups is 3. The number of nitrogens with zero attached hydrogens (tertiary/aromatic N) is 2. The first-order chi connectivity index (χ1) is 12.5. The molecule has 1 aliphatic heterocycles. The number of hydroxylamine groups is 2. The molecule has 1 unspecified atom stereocenters. The SMILES string of the molecule is CCCC(CCC(=O)ON1C(=O)CCC1=O)(Sc1ccccn1)C1CC1. The van der Waals surface area contributed by atoms with Crippen LogP contribution in [0.4, 0.5) is 0 Å². The van der Waals surface area contributed by atoms with E-state index in [1.165, 1.54) is 0 Å². The molecule has 0 spiro atoms. The molecule has 0 bridgehead atoms. The van der Waals surface area contributed by atoms with Gasteiger partial charge < -0.3 is 4.84 Å². The largest absolute Gasteiger partial charge is 0.333 e. The van der Waals surface area contributed by atoms with Crippen LogP contribution in [0, 0.1) is 5.92 Å². The Labute approximate surface area is 157 Å². The predicted octanol–water partition coefficient (Wildman–Crippen LogP) is 3.51. The molecule has 1 aromatic rings. The number of hydrogen-bond donors (Lipinski definition) is 0. The maximum atomic E-state index is 12.2. The van der Waals surface area contributed by atoms with Crippen molar-refractivity contribution in [2.24, 2.45) is 5.92 Å². The molecule has 6 nitrogen and oxygen atoms in total. The van der Waals surface area contributed by atoms with Gasteiger partial charge in [0.25, 0.3) is 11.8 Å². The minimum atomic E-state index is -0.517. The average Bonchev–Trinajstić information content (AvgIpc) is 3.44. The zero-order valence-corrected chi connectivity index (χ0v) is 15.8. The topological polar surface area (TPSA) is 76.6 Å². The lowest BCUT2D eigenvalue weighted by Gasteiger charge is -2.33. The number of imide groups is 1. The fraction of sp³-hybridized carbons (Fsp3) is 0.579. The normalized spacial score (nSPS) is 19.5. The number of aromatic nitrogens is 1. The van der Waals surface area contributed by atoms with E-state index in [0.717, 1.165) is 30.7 Å². The molecule has 0 radical (unpaired) electrons. The van der Waals surface area contributed by atoms with Crippen LogP contribution in [0.25, 0.3) is 0 Å². The Hall–Kier alpha value is -1.89. The summed E-state index contributed by atoms with van der Waals surface area (Å²) in [5.41, 5.74) is 0. The van der Waals surface area contributed by atoms with Gasteiger partial charge in [-0.05, 0) is 43.7 Å². The van der Waals surface area contributed by atoms with E-state index < -0.39 is 17.8 Å². The van der Waals surface area contributed by atoms with Gasteiger partial charge in [0.2, 0.25) is 0 Å². The van der Waals surface area contributed by atoms with Gasteiger partial charge in [0.1, 0.15) is 0 Å². The molecule has 1 atom stereocenters. The fourth-order valence-corrected chi connectivity index (χ4v) is 5.08. The smallest absolute Gasteiger partial charge is 0.330 e. The molecule has 140 valence electrons. The maximum Gasteiger partial charge on any atom is 0.333 e. The summed E-state index contributed by atoms with van der Waals surface area (Å²) >= 11 is 1.75. The average molecular weight is 376 g/mol. The quantitative estimate of drug-likeness (QED) is 0.485. The van der Waals surface area contributed by atoms with Crippen molar-refractivity contribution in [1.82, 2.24) is 10.0 Å². The summed E-state index contributed by atoms with van der Waals surface area (Å²) in [6, 6.07) is 5.86. The van der Waals surface area contributed by atoms with Gasteiger partial charge in [0.15, 0.2) is 0 Å². The lowest BCUT2D eigenvalue weighted by molar-refractivity contribution is -0.197. The molecule has 2 fully saturated rings. The van der Waals surface area contributed by atoms with Crippen molar-refractivity contribution < 1.29 is 19.2 Å². The zero-order valence-electron chi connectivity index (χ0n) is 15.0. The van der Waals surface area contributed by atoms with Gasteiger partial charge in [0.05, 0.1) is 5.03 Å². The van der Waals surface area contributed by atoms with Crippen LogP contribution in [0.3, 0.4) is 0 Å². The lowest BCUT2D eigenvalue weighted by atomic mass is 9.91. The molecule has 1 aliphatic carbocycles. The van der Waals surface area contributed by atoms with E-state index in [1.807, 2.05) is 18.2 Å². The highest BCUT2D eigenvalue weighted by atomic mass is 32.2. The monoisotopic (exact) mass is 376 g/mol. The third-order valence-electron chi connectivity index (χ3n) is 4.89. The number of pyridine rings is 1. The molecule has 2 amide bonds.